The van der Waals surface area contributed by atoms with Gasteiger partial charge in [0.1, 0.15) is 0 Å². The Balaban J connectivity index is 2.62. The van der Waals surface area contributed by atoms with Gasteiger partial charge < -0.3 is 10.5 Å². The van der Waals surface area contributed by atoms with Crippen LogP contribution in [0.3, 0.4) is 0 Å². The summed E-state index contributed by atoms with van der Waals surface area (Å²) in [6.45, 7) is 11.4. The summed E-state index contributed by atoms with van der Waals surface area (Å²) in [5, 5.41) is 0. The van der Waals surface area contributed by atoms with Gasteiger partial charge in [-0.05, 0) is 29.9 Å². The minimum Gasteiger partial charge on any atom is -0.377 e. The molecule has 0 heterocycles. The molecule has 0 saturated heterocycles. The monoisotopic (exact) mass is 249 g/mol. The highest BCUT2D eigenvalue weighted by molar-refractivity contribution is 5.29. The van der Waals surface area contributed by atoms with Crippen molar-refractivity contribution in [1.82, 2.24) is 0 Å². The van der Waals surface area contributed by atoms with Gasteiger partial charge in [-0.15, -0.1) is 0 Å². The van der Waals surface area contributed by atoms with E-state index in [1.807, 2.05) is 0 Å². The normalized spacial score (nSPS) is 15.4. The maximum absolute atomic E-state index is 6.13. The Morgan fingerprint density at radius 1 is 1.17 bits per heavy atom. The van der Waals surface area contributed by atoms with Crippen molar-refractivity contribution < 1.29 is 4.74 Å². The van der Waals surface area contributed by atoms with E-state index >= 15 is 0 Å². The number of hydrogen-bond acceptors (Lipinski definition) is 2. The molecule has 1 aromatic carbocycles. The minimum atomic E-state index is -0.0342. The van der Waals surface area contributed by atoms with E-state index in [1.165, 1.54) is 5.56 Å². The second-order valence-electron chi connectivity index (χ2n) is 6.03. The van der Waals surface area contributed by atoms with Crippen molar-refractivity contribution in [1.29, 1.82) is 0 Å². The van der Waals surface area contributed by atoms with E-state index in [2.05, 4.69) is 58.9 Å². The summed E-state index contributed by atoms with van der Waals surface area (Å²) in [5.41, 5.74) is 8.80. The molecule has 0 saturated carbocycles. The summed E-state index contributed by atoms with van der Waals surface area (Å²) in [4.78, 5) is 0. The molecule has 1 rings (SSSR count). The molecular weight excluding hydrogens is 222 g/mol. The van der Waals surface area contributed by atoms with Crippen molar-refractivity contribution >= 4 is 0 Å². The van der Waals surface area contributed by atoms with Gasteiger partial charge in [0.2, 0.25) is 0 Å². The smallest absolute Gasteiger partial charge is 0.0662 e. The highest BCUT2D eigenvalue weighted by atomic mass is 16.5. The van der Waals surface area contributed by atoms with Crippen LogP contribution in [0.15, 0.2) is 24.3 Å². The fourth-order valence-corrected chi connectivity index (χ4v) is 1.71. The summed E-state index contributed by atoms with van der Waals surface area (Å²) in [5.74, 6) is 0. The fraction of sp³-hybridized carbons (Fsp3) is 0.625. The SMILES string of the molecule is CCC(C)OCC(N)c1ccc(C(C)(C)C)cc1. The maximum atomic E-state index is 6.13. The lowest BCUT2D eigenvalue weighted by molar-refractivity contribution is 0.0539. The summed E-state index contributed by atoms with van der Waals surface area (Å²) in [6, 6.07) is 8.53. The van der Waals surface area contributed by atoms with Crippen LogP contribution in [-0.4, -0.2) is 12.7 Å². The lowest BCUT2D eigenvalue weighted by Gasteiger charge is -2.21. The zero-order valence-electron chi connectivity index (χ0n) is 12.4. The highest BCUT2D eigenvalue weighted by Crippen LogP contribution is 2.23. The minimum absolute atomic E-state index is 0.0342. The number of rotatable bonds is 5. The molecule has 18 heavy (non-hydrogen) atoms. The van der Waals surface area contributed by atoms with Crippen molar-refractivity contribution in [3.8, 4) is 0 Å². The first kappa shape index (κ1) is 15.2. The third kappa shape index (κ3) is 4.43. The van der Waals surface area contributed by atoms with Gasteiger partial charge >= 0.3 is 0 Å². The summed E-state index contributed by atoms with van der Waals surface area (Å²) >= 11 is 0. The van der Waals surface area contributed by atoms with Gasteiger partial charge in [-0.1, -0.05) is 52.0 Å². The molecule has 1 aromatic rings. The van der Waals surface area contributed by atoms with Gasteiger partial charge in [0.15, 0.2) is 0 Å². The Morgan fingerprint density at radius 2 is 1.72 bits per heavy atom. The zero-order chi connectivity index (χ0) is 13.8. The quantitative estimate of drug-likeness (QED) is 0.861. The molecule has 0 aliphatic carbocycles. The van der Waals surface area contributed by atoms with Crippen LogP contribution in [0.25, 0.3) is 0 Å². The standard InChI is InChI=1S/C16H27NO/c1-6-12(2)18-11-15(17)13-7-9-14(10-8-13)16(3,4)5/h7-10,12,15H,6,11,17H2,1-5H3. The molecule has 2 unspecified atom stereocenters. The molecule has 2 nitrogen and oxygen atoms in total. The summed E-state index contributed by atoms with van der Waals surface area (Å²) in [7, 11) is 0. The van der Waals surface area contributed by atoms with Gasteiger partial charge in [-0.25, -0.2) is 0 Å². The van der Waals surface area contributed by atoms with Crippen LogP contribution in [0.1, 0.15) is 58.2 Å². The molecule has 0 spiro atoms. The summed E-state index contributed by atoms with van der Waals surface area (Å²) < 4.78 is 5.68. The van der Waals surface area contributed by atoms with Crippen molar-refractivity contribution in [3.63, 3.8) is 0 Å². The van der Waals surface area contributed by atoms with Crippen LogP contribution < -0.4 is 5.73 Å². The number of nitrogens with two attached hydrogens (primary N) is 1. The van der Waals surface area contributed by atoms with E-state index in [0.29, 0.717) is 6.61 Å². The Morgan fingerprint density at radius 3 is 2.17 bits per heavy atom. The van der Waals surface area contributed by atoms with Crippen LogP contribution in [0.2, 0.25) is 0 Å². The number of benzene rings is 1. The average Bonchev–Trinajstić information content (AvgIpc) is 2.34. The third-order valence-electron chi connectivity index (χ3n) is 3.34. The van der Waals surface area contributed by atoms with Crippen LogP contribution in [0.5, 0.6) is 0 Å². The predicted molar refractivity (Wildman–Crippen MR) is 77.8 cm³/mol. The Labute approximate surface area is 112 Å². The molecular formula is C16H27NO. The van der Waals surface area contributed by atoms with Crippen molar-refractivity contribution in [3.05, 3.63) is 35.4 Å². The molecule has 2 heteroatoms. The van der Waals surface area contributed by atoms with E-state index in [4.69, 9.17) is 10.5 Å². The average molecular weight is 249 g/mol. The first-order chi connectivity index (χ1) is 8.34. The van der Waals surface area contributed by atoms with E-state index < -0.39 is 0 Å². The Kier molecular flexibility index (Phi) is 5.36. The zero-order valence-corrected chi connectivity index (χ0v) is 12.4. The van der Waals surface area contributed by atoms with Crippen LogP contribution in [-0.2, 0) is 10.2 Å². The van der Waals surface area contributed by atoms with Crippen molar-refractivity contribution in [2.24, 2.45) is 5.73 Å². The van der Waals surface area contributed by atoms with E-state index in [1.54, 1.807) is 0 Å². The van der Waals surface area contributed by atoms with Gasteiger partial charge in [0, 0.05) is 0 Å². The summed E-state index contributed by atoms with van der Waals surface area (Å²) in [6.07, 6.45) is 1.31. The number of hydrogen-bond donors (Lipinski definition) is 1. The molecule has 0 radical (unpaired) electrons. The largest absolute Gasteiger partial charge is 0.377 e. The number of ether oxygens (including phenoxy) is 1. The van der Waals surface area contributed by atoms with E-state index in [9.17, 15) is 0 Å². The molecule has 2 N–H and O–H groups in total. The molecule has 0 aliphatic heterocycles. The van der Waals surface area contributed by atoms with Crippen molar-refractivity contribution in [2.45, 2.75) is 58.6 Å². The second kappa shape index (κ2) is 6.35. The Hall–Kier alpha value is -0.860. The maximum Gasteiger partial charge on any atom is 0.0662 e. The van der Waals surface area contributed by atoms with Crippen LogP contribution in [0, 0.1) is 0 Å². The second-order valence-corrected chi connectivity index (χ2v) is 6.03. The topological polar surface area (TPSA) is 35.2 Å². The molecule has 0 aliphatic rings. The molecule has 2 atom stereocenters. The van der Waals surface area contributed by atoms with E-state index in [0.717, 1.165) is 12.0 Å². The highest BCUT2D eigenvalue weighted by Gasteiger charge is 2.14. The van der Waals surface area contributed by atoms with Crippen LogP contribution >= 0.6 is 0 Å². The van der Waals surface area contributed by atoms with E-state index in [-0.39, 0.29) is 17.6 Å². The van der Waals surface area contributed by atoms with Crippen molar-refractivity contribution in [2.75, 3.05) is 6.61 Å². The van der Waals surface area contributed by atoms with Gasteiger partial charge in [-0.2, -0.15) is 0 Å². The third-order valence-corrected chi connectivity index (χ3v) is 3.34. The molecule has 0 amide bonds. The Bertz CT molecular complexity index is 350. The van der Waals surface area contributed by atoms with Gasteiger partial charge in [0.05, 0.1) is 18.8 Å². The lowest BCUT2D eigenvalue weighted by Crippen LogP contribution is -2.21. The fourth-order valence-electron chi connectivity index (χ4n) is 1.71. The predicted octanol–water partition coefficient (Wildman–Crippen LogP) is 3.80. The first-order valence-electron chi connectivity index (χ1n) is 6.82. The first-order valence-corrected chi connectivity index (χ1v) is 6.82. The van der Waals surface area contributed by atoms with Gasteiger partial charge in [0.25, 0.3) is 0 Å². The van der Waals surface area contributed by atoms with Crippen LogP contribution in [0.4, 0.5) is 0 Å². The molecule has 0 bridgehead atoms. The molecule has 102 valence electrons. The van der Waals surface area contributed by atoms with Gasteiger partial charge in [-0.3, -0.25) is 0 Å². The lowest BCUT2D eigenvalue weighted by atomic mass is 9.86. The molecule has 0 fully saturated rings. The molecule has 0 aromatic heterocycles.